The maximum absolute atomic E-state index is 13.1. The number of hydrogen-bond acceptors (Lipinski definition) is 4. The zero-order valence-corrected chi connectivity index (χ0v) is 15.9. The van der Waals surface area contributed by atoms with Crippen molar-refractivity contribution in [1.29, 1.82) is 0 Å². The molecular weight excluding hydrogens is 344 g/mol. The Morgan fingerprint density at radius 1 is 1.30 bits per heavy atom. The van der Waals surface area contributed by atoms with Gasteiger partial charge in [0.05, 0.1) is 10.9 Å². The van der Waals surface area contributed by atoms with Crippen LogP contribution in [0.25, 0.3) is 10.9 Å². The van der Waals surface area contributed by atoms with E-state index in [1.807, 2.05) is 13.0 Å². The highest BCUT2D eigenvalue weighted by molar-refractivity contribution is 5.87. The van der Waals surface area contributed by atoms with E-state index >= 15 is 0 Å². The van der Waals surface area contributed by atoms with Gasteiger partial charge in [0.2, 0.25) is 11.8 Å². The fraction of sp³-hybridized carbons (Fsp3) is 0.400. The maximum atomic E-state index is 13.1. The molecule has 0 saturated carbocycles. The van der Waals surface area contributed by atoms with E-state index in [0.717, 1.165) is 0 Å². The summed E-state index contributed by atoms with van der Waals surface area (Å²) in [7, 11) is 0. The van der Waals surface area contributed by atoms with Gasteiger partial charge in [-0.15, -0.1) is 0 Å². The number of piperazine rings is 1. The van der Waals surface area contributed by atoms with Crippen LogP contribution in [-0.2, 0) is 9.59 Å². The summed E-state index contributed by atoms with van der Waals surface area (Å²) in [4.78, 5) is 45.7. The van der Waals surface area contributed by atoms with Crippen molar-refractivity contribution in [2.45, 2.75) is 32.9 Å². The van der Waals surface area contributed by atoms with E-state index in [-0.39, 0.29) is 23.4 Å². The van der Waals surface area contributed by atoms with E-state index in [4.69, 9.17) is 0 Å². The first-order chi connectivity index (χ1) is 12.8. The molecule has 2 amide bonds. The number of amides is 2. The van der Waals surface area contributed by atoms with Crippen molar-refractivity contribution in [2.75, 3.05) is 19.6 Å². The Labute approximate surface area is 157 Å². The Morgan fingerprint density at radius 3 is 2.67 bits per heavy atom. The summed E-state index contributed by atoms with van der Waals surface area (Å²) in [6.07, 6.45) is 1.29. The predicted octanol–water partition coefficient (Wildman–Crippen LogP) is 1.51. The van der Waals surface area contributed by atoms with Gasteiger partial charge in [-0.2, -0.15) is 0 Å². The zero-order chi connectivity index (χ0) is 19.7. The van der Waals surface area contributed by atoms with Gasteiger partial charge in [0.1, 0.15) is 11.9 Å². The highest BCUT2D eigenvalue weighted by atomic mass is 16.2. The maximum Gasteiger partial charge on any atom is 0.262 e. The predicted molar refractivity (Wildman–Crippen MR) is 103 cm³/mol. The summed E-state index contributed by atoms with van der Waals surface area (Å²) in [5, 5.41) is 0.497. The molecule has 0 aliphatic carbocycles. The minimum absolute atomic E-state index is 0.132. The van der Waals surface area contributed by atoms with Crippen molar-refractivity contribution in [3.8, 4) is 0 Å². The average Bonchev–Trinajstić information content (AvgIpc) is 2.66. The topological polar surface area (TPSA) is 75.5 Å². The van der Waals surface area contributed by atoms with Crippen LogP contribution >= 0.6 is 0 Å². The van der Waals surface area contributed by atoms with Crippen LogP contribution in [0.2, 0.25) is 0 Å². The third-order valence-corrected chi connectivity index (χ3v) is 5.13. The highest BCUT2D eigenvalue weighted by Gasteiger charge is 2.32. The first-order valence-electron chi connectivity index (χ1n) is 9.04. The van der Waals surface area contributed by atoms with E-state index < -0.39 is 6.04 Å². The molecule has 1 aliphatic heterocycles. The molecule has 2 atom stereocenters. The van der Waals surface area contributed by atoms with Crippen LogP contribution in [0.15, 0.2) is 41.7 Å². The molecule has 142 valence electrons. The normalized spacial score (nSPS) is 18.4. The lowest BCUT2D eigenvalue weighted by atomic mass is 10.1. The van der Waals surface area contributed by atoms with Crippen LogP contribution in [-0.4, -0.2) is 56.8 Å². The molecule has 3 rings (SSSR count). The summed E-state index contributed by atoms with van der Waals surface area (Å²) < 4.78 is 1.46. The molecular formula is C20H24N4O3. The van der Waals surface area contributed by atoms with Crippen molar-refractivity contribution in [1.82, 2.24) is 19.4 Å². The molecule has 1 unspecified atom stereocenters. The molecule has 0 spiro atoms. The summed E-state index contributed by atoms with van der Waals surface area (Å²) in [5.41, 5.74) is 0.410. The molecule has 1 aromatic carbocycles. The molecule has 7 nitrogen and oxygen atoms in total. The third-order valence-electron chi connectivity index (χ3n) is 5.13. The molecule has 0 radical (unpaired) electrons. The van der Waals surface area contributed by atoms with Gasteiger partial charge in [0, 0.05) is 25.7 Å². The second kappa shape index (κ2) is 7.34. The van der Waals surface area contributed by atoms with E-state index in [0.29, 0.717) is 36.4 Å². The minimum atomic E-state index is -0.668. The second-order valence-corrected chi connectivity index (χ2v) is 6.90. The Balaban J connectivity index is 1.88. The van der Waals surface area contributed by atoms with Crippen molar-refractivity contribution >= 4 is 22.7 Å². The van der Waals surface area contributed by atoms with Gasteiger partial charge in [-0.1, -0.05) is 18.7 Å². The summed E-state index contributed by atoms with van der Waals surface area (Å²) in [6.45, 7) is 10.2. The number of fused-ring (bicyclic) bond motifs is 1. The van der Waals surface area contributed by atoms with Crippen LogP contribution in [0.3, 0.4) is 0 Å². The van der Waals surface area contributed by atoms with Gasteiger partial charge in [-0.25, -0.2) is 4.98 Å². The fourth-order valence-corrected chi connectivity index (χ4v) is 3.68. The van der Waals surface area contributed by atoms with E-state index in [1.54, 1.807) is 41.8 Å². The van der Waals surface area contributed by atoms with E-state index in [2.05, 4.69) is 11.6 Å². The van der Waals surface area contributed by atoms with E-state index in [1.165, 1.54) is 10.6 Å². The molecule has 1 saturated heterocycles. The van der Waals surface area contributed by atoms with Gasteiger partial charge in [0.25, 0.3) is 5.56 Å². The number of hydrogen-bond donors (Lipinski definition) is 0. The molecule has 2 aromatic rings. The summed E-state index contributed by atoms with van der Waals surface area (Å²) in [6, 6.07) is 6.33. The first kappa shape index (κ1) is 18.8. The molecule has 1 fully saturated rings. The van der Waals surface area contributed by atoms with Crippen molar-refractivity contribution < 1.29 is 9.59 Å². The molecule has 0 N–H and O–H groups in total. The Bertz CT molecular complexity index is 965. The monoisotopic (exact) mass is 368 g/mol. The summed E-state index contributed by atoms with van der Waals surface area (Å²) >= 11 is 0. The van der Waals surface area contributed by atoms with Crippen LogP contribution in [0.1, 0.15) is 25.7 Å². The lowest BCUT2D eigenvalue weighted by Gasteiger charge is -2.40. The Hall–Kier alpha value is -2.96. The largest absolute Gasteiger partial charge is 0.335 e. The van der Waals surface area contributed by atoms with Gasteiger partial charge in [-0.05, 0) is 39.0 Å². The average molecular weight is 368 g/mol. The number of carbonyl (C=O) groups excluding carboxylic acids is 2. The standard InChI is InChI=1S/C20H24N4O3/c1-5-18(25)22-10-11-23(13(2)12-22)19(26)14(3)24-15(4)21-17-9-7-6-8-16(17)20(24)27/h5-9,13-14H,1,10-12H2,2-4H3/t13-,14?/m0/s1. The molecule has 2 heterocycles. The molecule has 1 aliphatic rings. The number of aromatic nitrogens is 2. The number of rotatable bonds is 3. The second-order valence-electron chi connectivity index (χ2n) is 6.90. The van der Waals surface area contributed by atoms with Crippen molar-refractivity contribution in [3.63, 3.8) is 0 Å². The molecule has 27 heavy (non-hydrogen) atoms. The number of para-hydroxylation sites is 1. The van der Waals surface area contributed by atoms with Gasteiger partial charge in [0.15, 0.2) is 0 Å². The van der Waals surface area contributed by atoms with E-state index in [9.17, 15) is 14.4 Å². The third kappa shape index (κ3) is 3.37. The SMILES string of the molecule is C=CC(=O)N1CCN(C(=O)C(C)n2c(C)nc3ccccc3c2=O)[C@@H](C)C1. The lowest BCUT2D eigenvalue weighted by Crippen LogP contribution is -2.56. The highest BCUT2D eigenvalue weighted by Crippen LogP contribution is 2.18. The number of nitrogens with zero attached hydrogens (tertiary/aromatic N) is 4. The quantitative estimate of drug-likeness (QED) is 0.770. The lowest BCUT2D eigenvalue weighted by molar-refractivity contribution is -0.142. The molecule has 7 heteroatoms. The molecule has 1 aromatic heterocycles. The van der Waals surface area contributed by atoms with Crippen LogP contribution in [0.5, 0.6) is 0 Å². The van der Waals surface area contributed by atoms with Crippen LogP contribution in [0.4, 0.5) is 0 Å². The van der Waals surface area contributed by atoms with Gasteiger partial charge < -0.3 is 9.80 Å². The van der Waals surface area contributed by atoms with Gasteiger partial charge in [-0.3, -0.25) is 19.0 Å². The fourth-order valence-electron chi connectivity index (χ4n) is 3.68. The molecule has 0 bridgehead atoms. The van der Waals surface area contributed by atoms with Crippen molar-refractivity contribution in [2.24, 2.45) is 0 Å². The summed E-state index contributed by atoms with van der Waals surface area (Å²) in [5.74, 6) is 0.232. The van der Waals surface area contributed by atoms with Crippen LogP contribution in [0, 0.1) is 6.92 Å². The number of carbonyl (C=O) groups is 2. The Kier molecular flexibility index (Phi) is 5.12. The van der Waals surface area contributed by atoms with Crippen LogP contribution < -0.4 is 5.56 Å². The van der Waals surface area contributed by atoms with Gasteiger partial charge >= 0.3 is 0 Å². The minimum Gasteiger partial charge on any atom is -0.335 e. The smallest absolute Gasteiger partial charge is 0.262 e. The number of benzene rings is 1. The number of aryl methyl sites for hydroxylation is 1. The first-order valence-corrected chi connectivity index (χ1v) is 9.04. The van der Waals surface area contributed by atoms with Crippen molar-refractivity contribution in [3.05, 3.63) is 53.1 Å². The Morgan fingerprint density at radius 2 is 2.00 bits per heavy atom. The zero-order valence-electron chi connectivity index (χ0n) is 15.9.